The van der Waals surface area contributed by atoms with Crippen LogP contribution in [0.1, 0.15) is 59.8 Å². The second kappa shape index (κ2) is 3.81. The Hall–Kier alpha value is 0. The van der Waals surface area contributed by atoms with Crippen LogP contribution in [0.2, 0.25) is 0 Å². The van der Waals surface area contributed by atoms with Crippen molar-refractivity contribution in [3.05, 3.63) is 0 Å². The van der Waals surface area contributed by atoms with Gasteiger partial charge in [0, 0.05) is 0 Å². The Balaban J connectivity index is 2.46. The molecule has 0 heterocycles. The molecule has 1 aliphatic rings. The normalized spacial score (nSPS) is 37.5. The third-order valence-corrected chi connectivity index (χ3v) is 4.07. The van der Waals surface area contributed by atoms with Crippen molar-refractivity contribution in [3.63, 3.8) is 0 Å². The van der Waals surface area contributed by atoms with E-state index in [1.807, 2.05) is 0 Å². The summed E-state index contributed by atoms with van der Waals surface area (Å²) in [5.41, 5.74) is 0.712. The van der Waals surface area contributed by atoms with E-state index < -0.39 is 0 Å². The minimum absolute atomic E-state index is 0.712. The van der Waals surface area contributed by atoms with E-state index in [9.17, 15) is 0 Å². The highest BCUT2D eigenvalue weighted by Crippen LogP contribution is 2.53. The Morgan fingerprint density at radius 2 is 2.08 bits per heavy atom. The fourth-order valence-electron chi connectivity index (χ4n) is 2.94. The maximum Gasteiger partial charge on any atom is -0.0295 e. The van der Waals surface area contributed by atoms with Gasteiger partial charge in [-0.1, -0.05) is 40.5 Å². The number of hydrogen-bond donors (Lipinski definition) is 0. The lowest BCUT2D eigenvalue weighted by molar-refractivity contribution is -0.00163. The van der Waals surface area contributed by atoms with Crippen LogP contribution in [0.3, 0.4) is 0 Å². The van der Waals surface area contributed by atoms with Crippen molar-refractivity contribution in [3.8, 4) is 0 Å². The van der Waals surface area contributed by atoms with E-state index in [0.717, 1.165) is 11.8 Å². The molecule has 3 atom stereocenters. The Bertz CT molecular complexity index is 139. The Morgan fingerprint density at radius 3 is 2.42 bits per heavy atom. The third-order valence-electron chi connectivity index (χ3n) is 4.07. The molecule has 0 N–H and O–H groups in total. The average molecular weight is 168 g/mol. The molecule has 0 aromatic carbocycles. The van der Waals surface area contributed by atoms with Gasteiger partial charge in [-0.15, -0.1) is 0 Å². The molecule has 12 heavy (non-hydrogen) atoms. The minimum atomic E-state index is 0.712. The zero-order valence-corrected chi connectivity index (χ0v) is 9.19. The summed E-state index contributed by atoms with van der Waals surface area (Å²) in [6.07, 6.45) is 7.15. The SMILES string of the molecule is CCCC1(C)CCC1C(C)CC. The summed E-state index contributed by atoms with van der Waals surface area (Å²) in [6.45, 7) is 9.57. The van der Waals surface area contributed by atoms with Gasteiger partial charge in [-0.3, -0.25) is 0 Å². The topological polar surface area (TPSA) is 0 Å². The summed E-state index contributed by atoms with van der Waals surface area (Å²) in [5.74, 6) is 1.98. The van der Waals surface area contributed by atoms with Gasteiger partial charge in [0.1, 0.15) is 0 Å². The van der Waals surface area contributed by atoms with E-state index in [1.54, 1.807) is 0 Å². The maximum absolute atomic E-state index is 2.50. The highest BCUT2D eigenvalue weighted by molar-refractivity contribution is 4.93. The second-order valence-electron chi connectivity index (χ2n) is 4.93. The summed E-state index contributed by atoms with van der Waals surface area (Å²) in [6, 6.07) is 0. The van der Waals surface area contributed by atoms with Crippen molar-refractivity contribution in [1.82, 2.24) is 0 Å². The molecule has 1 rings (SSSR count). The van der Waals surface area contributed by atoms with Gasteiger partial charge >= 0.3 is 0 Å². The summed E-state index contributed by atoms with van der Waals surface area (Å²) in [4.78, 5) is 0. The van der Waals surface area contributed by atoms with Crippen molar-refractivity contribution < 1.29 is 0 Å². The first kappa shape index (κ1) is 10.1. The van der Waals surface area contributed by atoms with Crippen LogP contribution in [0, 0.1) is 17.3 Å². The summed E-state index contributed by atoms with van der Waals surface area (Å²) >= 11 is 0. The lowest BCUT2D eigenvalue weighted by Gasteiger charge is -2.50. The zero-order valence-electron chi connectivity index (χ0n) is 9.19. The largest absolute Gasteiger partial charge is 0.0654 e. The van der Waals surface area contributed by atoms with Crippen LogP contribution in [0.25, 0.3) is 0 Å². The highest BCUT2D eigenvalue weighted by Gasteiger charge is 2.43. The Labute approximate surface area is 77.7 Å². The summed E-state index contributed by atoms with van der Waals surface area (Å²) in [7, 11) is 0. The smallest absolute Gasteiger partial charge is 0.0295 e. The van der Waals surface area contributed by atoms with E-state index in [2.05, 4.69) is 27.7 Å². The van der Waals surface area contributed by atoms with Crippen LogP contribution in [0.4, 0.5) is 0 Å². The quantitative estimate of drug-likeness (QED) is 0.588. The Morgan fingerprint density at radius 1 is 1.42 bits per heavy atom. The molecule has 3 unspecified atom stereocenters. The molecule has 72 valence electrons. The first-order valence-corrected chi connectivity index (χ1v) is 5.64. The van der Waals surface area contributed by atoms with Gasteiger partial charge in [0.15, 0.2) is 0 Å². The summed E-state index contributed by atoms with van der Waals surface area (Å²) < 4.78 is 0. The van der Waals surface area contributed by atoms with E-state index in [-0.39, 0.29) is 0 Å². The second-order valence-corrected chi connectivity index (χ2v) is 4.93. The zero-order chi connectivity index (χ0) is 9.19. The van der Waals surface area contributed by atoms with Crippen LogP contribution < -0.4 is 0 Å². The predicted molar refractivity (Wildman–Crippen MR) is 55.2 cm³/mol. The van der Waals surface area contributed by atoms with Gasteiger partial charge in [-0.2, -0.15) is 0 Å². The molecule has 1 aliphatic carbocycles. The molecule has 0 aromatic heterocycles. The maximum atomic E-state index is 2.50. The van der Waals surface area contributed by atoms with Gasteiger partial charge < -0.3 is 0 Å². The predicted octanol–water partition coefficient (Wildman–Crippen LogP) is 4.25. The van der Waals surface area contributed by atoms with Gasteiger partial charge in [0.2, 0.25) is 0 Å². The fraction of sp³-hybridized carbons (Fsp3) is 1.00. The fourth-order valence-corrected chi connectivity index (χ4v) is 2.94. The molecule has 0 spiro atoms. The summed E-state index contributed by atoms with van der Waals surface area (Å²) in [5, 5.41) is 0. The number of rotatable bonds is 4. The van der Waals surface area contributed by atoms with E-state index >= 15 is 0 Å². The van der Waals surface area contributed by atoms with Crippen LogP contribution >= 0.6 is 0 Å². The van der Waals surface area contributed by atoms with Crippen molar-refractivity contribution >= 4 is 0 Å². The van der Waals surface area contributed by atoms with Gasteiger partial charge in [-0.25, -0.2) is 0 Å². The van der Waals surface area contributed by atoms with Crippen molar-refractivity contribution in [1.29, 1.82) is 0 Å². The van der Waals surface area contributed by atoms with Crippen molar-refractivity contribution in [2.24, 2.45) is 17.3 Å². The van der Waals surface area contributed by atoms with E-state index in [1.165, 1.54) is 32.1 Å². The molecule has 0 nitrogen and oxygen atoms in total. The molecule has 0 radical (unpaired) electrons. The molecule has 1 saturated carbocycles. The van der Waals surface area contributed by atoms with E-state index in [4.69, 9.17) is 0 Å². The lowest BCUT2D eigenvalue weighted by atomic mass is 9.55. The third kappa shape index (κ3) is 1.67. The number of hydrogen-bond acceptors (Lipinski definition) is 0. The molecular weight excluding hydrogens is 144 g/mol. The standard InChI is InChI=1S/C12H24/c1-5-8-12(4)9-7-11(12)10(3)6-2/h10-11H,5-9H2,1-4H3. The molecule has 1 fully saturated rings. The van der Waals surface area contributed by atoms with Gasteiger partial charge in [0.05, 0.1) is 0 Å². The van der Waals surface area contributed by atoms with Gasteiger partial charge in [0.25, 0.3) is 0 Å². The molecular formula is C12H24. The van der Waals surface area contributed by atoms with Gasteiger partial charge in [-0.05, 0) is 36.5 Å². The molecule has 0 aliphatic heterocycles. The highest BCUT2D eigenvalue weighted by atomic mass is 14.5. The average Bonchev–Trinajstić information content (AvgIpc) is 2.03. The molecule has 0 amide bonds. The molecule has 0 saturated heterocycles. The molecule has 0 heteroatoms. The van der Waals surface area contributed by atoms with Crippen LogP contribution in [0.5, 0.6) is 0 Å². The van der Waals surface area contributed by atoms with Crippen molar-refractivity contribution in [2.75, 3.05) is 0 Å². The van der Waals surface area contributed by atoms with E-state index in [0.29, 0.717) is 5.41 Å². The first-order valence-electron chi connectivity index (χ1n) is 5.64. The van der Waals surface area contributed by atoms with Crippen LogP contribution in [0.15, 0.2) is 0 Å². The monoisotopic (exact) mass is 168 g/mol. The molecule has 0 bridgehead atoms. The lowest BCUT2D eigenvalue weighted by Crippen LogP contribution is -2.41. The van der Waals surface area contributed by atoms with Crippen LogP contribution in [-0.4, -0.2) is 0 Å². The Kier molecular flexibility index (Phi) is 3.20. The minimum Gasteiger partial charge on any atom is -0.0654 e. The molecule has 0 aromatic rings. The van der Waals surface area contributed by atoms with Crippen molar-refractivity contribution in [2.45, 2.75) is 59.8 Å². The van der Waals surface area contributed by atoms with Crippen LogP contribution in [-0.2, 0) is 0 Å². The first-order chi connectivity index (χ1) is 5.64.